The molecule has 1 amide bonds. The lowest BCUT2D eigenvalue weighted by Gasteiger charge is -2.13. The lowest BCUT2D eigenvalue weighted by Crippen LogP contribution is -2.24. The first-order chi connectivity index (χ1) is 10.2. The molecule has 1 atom stereocenters. The number of nitrogens with one attached hydrogen (secondary N) is 1. The average molecular weight is 368 g/mol. The van der Waals surface area contributed by atoms with Crippen LogP contribution >= 0.6 is 27.3 Å². The minimum Gasteiger partial charge on any atom is -0.496 e. The molecule has 2 heterocycles. The highest BCUT2D eigenvalue weighted by atomic mass is 79.9. The highest BCUT2D eigenvalue weighted by Crippen LogP contribution is 2.41. The maximum Gasteiger partial charge on any atom is 0.255 e. The molecule has 110 valence electrons. The Morgan fingerprint density at radius 3 is 3.10 bits per heavy atom. The van der Waals surface area contributed by atoms with Crippen molar-refractivity contribution >= 4 is 33.2 Å². The number of carbonyl (C=O) groups is 1. The summed E-state index contributed by atoms with van der Waals surface area (Å²) in [7, 11) is 1.66. The topological polar surface area (TPSA) is 47.6 Å². The number of alkyl halides is 1. The highest BCUT2D eigenvalue weighted by molar-refractivity contribution is 9.09. The molecule has 0 bridgehead atoms. The molecular weight excluding hydrogens is 354 g/mol. The molecule has 0 fully saturated rings. The Bertz CT molecular complexity index is 671. The molecular formula is C15H14BrNO3S. The molecule has 1 aliphatic rings. The van der Waals surface area contributed by atoms with E-state index < -0.39 is 0 Å². The third-order valence-electron chi connectivity index (χ3n) is 3.29. The number of methoxy groups -OCH3 is 1. The van der Waals surface area contributed by atoms with Crippen molar-refractivity contribution in [3.63, 3.8) is 0 Å². The number of hydrogen-bond donors (Lipinski definition) is 1. The van der Waals surface area contributed by atoms with Gasteiger partial charge in [-0.15, -0.1) is 11.3 Å². The summed E-state index contributed by atoms with van der Waals surface area (Å²) in [6.07, 6.45) is 0. The molecule has 3 rings (SSSR count). The van der Waals surface area contributed by atoms with Crippen LogP contribution in [0.25, 0.3) is 0 Å². The zero-order valence-electron chi connectivity index (χ0n) is 11.4. The maximum atomic E-state index is 12.1. The van der Waals surface area contributed by atoms with Crippen LogP contribution < -0.4 is 14.8 Å². The van der Waals surface area contributed by atoms with Gasteiger partial charge in [0, 0.05) is 0 Å². The van der Waals surface area contributed by atoms with Gasteiger partial charge in [0.15, 0.2) is 0 Å². The van der Waals surface area contributed by atoms with Gasteiger partial charge in [-0.3, -0.25) is 4.79 Å². The fourth-order valence-corrected chi connectivity index (χ4v) is 3.94. The fraction of sp³-hybridized carbons (Fsp3) is 0.267. The summed E-state index contributed by atoms with van der Waals surface area (Å²) >= 11 is 5.31. The zero-order valence-corrected chi connectivity index (χ0v) is 13.8. The Morgan fingerprint density at radius 2 is 2.29 bits per heavy atom. The van der Waals surface area contributed by atoms with E-state index in [1.54, 1.807) is 18.4 Å². The normalized spacial score (nSPS) is 15.4. The average Bonchev–Trinajstić information content (AvgIpc) is 2.91. The Labute approximate surface area is 135 Å². The predicted molar refractivity (Wildman–Crippen MR) is 85.9 cm³/mol. The monoisotopic (exact) mass is 367 g/mol. The summed E-state index contributed by atoms with van der Waals surface area (Å²) < 4.78 is 10.9. The molecule has 2 aromatic rings. The van der Waals surface area contributed by atoms with Crippen molar-refractivity contribution in [2.75, 3.05) is 20.3 Å². The van der Waals surface area contributed by atoms with Gasteiger partial charge in [0.1, 0.15) is 18.1 Å². The number of hydrogen-bond acceptors (Lipinski definition) is 4. The number of thiophene rings is 1. The molecule has 1 aliphatic heterocycles. The number of halogens is 1. The van der Waals surface area contributed by atoms with Crippen LogP contribution in [0, 0.1) is 0 Å². The van der Waals surface area contributed by atoms with E-state index in [2.05, 4.69) is 21.2 Å². The number of ether oxygens (including phenoxy) is 2. The summed E-state index contributed by atoms with van der Waals surface area (Å²) in [5.74, 6) is 1.38. The minimum atomic E-state index is -0.0952. The van der Waals surface area contributed by atoms with Crippen molar-refractivity contribution in [3.05, 3.63) is 45.6 Å². The van der Waals surface area contributed by atoms with Crippen LogP contribution in [0.15, 0.2) is 29.6 Å². The van der Waals surface area contributed by atoms with Crippen LogP contribution in [0.4, 0.5) is 0 Å². The van der Waals surface area contributed by atoms with Gasteiger partial charge in [-0.25, -0.2) is 0 Å². The second-order valence-electron chi connectivity index (χ2n) is 4.58. The van der Waals surface area contributed by atoms with E-state index in [4.69, 9.17) is 9.47 Å². The van der Waals surface area contributed by atoms with Crippen molar-refractivity contribution in [3.8, 4) is 11.5 Å². The van der Waals surface area contributed by atoms with Crippen molar-refractivity contribution in [2.45, 2.75) is 4.83 Å². The summed E-state index contributed by atoms with van der Waals surface area (Å²) in [5, 5.41) is 4.81. The molecule has 21 heavy (non-hydrogen) atoms. The summed E-state index contributed by atoms with van der Waals surface area (Å²) in [4.78, 5) is 13.1. The molecule has 0 saturated heterocycles. The smallest absolute Gasteiger partial charge is 0.255 e. The Hall–Kier alpha value is -1.53. The molecule has 0 radical (unpaired) electrons. The van der Waals surface area contributed by atoms with Gasteiger partial charge in [0.2, 0.25) is 0 Å². The van der Waals surface area contributed by atoms with E-state index >= 15 is 0 Å². The molecule has 0 spiro atoms. The fourth-order valence-electron chi connectivity index (χ4n) is 2.24. The quantitative estimate of drug-likeness (QED) is 0.846. The van der Waals surface area contributed by atoms with E-state index in [1.165, 1.54) is 0 Å². The van der Waals surface area contributed by atoms with Gasteiger partial charge in [-0.1, -0.05) is 22.0 Å². The Balaban J connectivity index is 1.98. The lowest BCUT2D eigenvalue weighted by atomic mass is 10.1. The molecule has 1 unspecified atom stereocenters. The van der Waals surface area contributed by atoms with Crippen molar-refractivity contribution in [1.82, 2.24) is 5.32 Å². The number of benzene rings is 1. The van der Waals surface area contributed by atoms with Crippen LogP contribution in [-0.2, 0) is 0 Å². The van der Waals surface area contributed by atoms with Crippen LogP contribution in [-0.4, -0.2) is 26.2 Å². The first kappa shape index (κ1) is 14.4. The Morgan fingerprint density at radius 1 is 1.43 bits per heavy atom. The lowest BCUT2D eigenvalue weighted by molar-refractivity contribution is 0.0957. The zero-order chi connectivity index (χ0) is 14.8. The summed E-state index contributed by atoms with van der Waals surface area (Å²) in [6.45, 7) is 1.02. The molecule has 6 heteroatoms. The molecule has 0 saturated carbocycles. The molecule has 1 aromatic heterocycles. The first-order valence-corrected chi connectivity index (χ1v) is 8.30. The predicted octanol–water partition coefficient (Wildman–Crippen LogP) is 3.36. The number of rotatable bonds is 3. The van der Waals surface area contributed by atoms with Crippen LogP contribution in [0.2, 0.25) is 0 Å². The van der Waals surface area contributed by atoms with Crippen molar-refractivity contribution in [2.24, 2.45) is 0 Å². The summed E-state index contributed by atoms with van der Waals surface area (Å²) in [6, 6.07) is 7.63. The van der Waals surface area contributed by atoms with E-state index in [-0.39, 0.29) is 10.7 Å². The summed E-state index contributed by atoms with van der Waals surface area (Å²) in [5.41, 5.74) is 1.57. The number of amides is 1. The van der Waals surface area contributed by atoms with Gasteiger partial charge in [-0.2, -0.15) is 0 Å². The SMILES string of the molecule is COc1ccsc1C(Br)c1ccc2c(c1)C(=O)NCCO2. The molecule has 1 aromatic carbocycles. The molecule has 1 N–H and O–H groups in total. The van der Waals surface area contributed by atoms with Gasteiger partial charge in [0.05, 0.1) is 28.9 Å². The minimum absolute atomic E-state index is 0.0196. The molecule has 4 nitrogen and oxygen atoms in total. The third-order valence-corrected chi connectivity index (χ3v) is 5.55. The van der Waals surface area contributed by atoms with Gasteiger partial charge < -0.3 is 14.8 Å². The van der Waals surface area contributed by atoms with E-state index in [0.717, 1.165) is 16.2 Å². The largest absolute Gasteiger partial charge is 0.496 e. The van der Waals surface area contributed by atoms with Crippen molar-refractivity contribution in [1.29, 1.82) is 0 Å². The standard InChI is InChI=1S/C15H14BrNO3S/c1-19-12-4-7-21-14(12)13(16)9-2-3-11-10(8-9)15(18)17-5-6-20-11/h2-4,7-8,13H,5-6H2,1H3,(H,17,18). The van der Waals surface area contributed by atoms with Crippen LogP contribution in [0.1, 0.15) is 25.6 Å². The van der Waals surface area contributed by atoms with Crippen LogP contribution in [0.5, 0.6) is 11.5 Å². The second kappa shape index (κ2) is 6.07. The van der Waals surface area contributed by atoms with Gasteiger partial charge in [0.25, 0.3) is 5.91 Å². The second-order valence-corrected chi connectivity index (χ2v) is 6.44. The van der Waals surface area contributed by atoms with E-state index in [9.17, 15) is 4.79 Å². The van der Waals surface area contributed by atoms with E-state index in [1.807, 2.05) is 29.6 Å². The maximum absolute atomic E-state index is 12.1. The first-order valence-electron chi connectivity index (χ1n) is 6.51. The number of carbonyl (C=O) groups excluding carboxylic acids is 1. The van der Waals surface area contributed by atoms with E-state index in [0.29, 0.717) is 24.5 Å². The van der Waals surface area contributed by atoms with Crippen LogP contribution in [0.3, 0.4) is 0 Å². The van der Waals surface area contributed by atoms with Gasteiger partial charge >= 0.3 is 0 Å². The Kier molecular flexibility index (Phi) is 4.17. The highest BCUT2D eigenvalue weighted by Gasteiger charge is 2.21. The number of fused-ring (bicyclic) bond motifs is 1. The molecule has 0 aliphatic carbocycles. The van der Waals surface area contributed by atoms with Gasteiger partial charge in [-0.05, 0) is 29.1 Å². The van der Waals surface area contributed by atoms with Crippen molar-refractivity contribution < 1.29 is 14.3 Å². The third kappa shape index (κ3) is 2.78.